The number of rotatable bonds is 8. The van der Waals surface area contributed by atoms with Crippen LogP contribution in [0.15, 0.2) is 12.4 Å². The van der Waals surface area contributed by atoms with E-state index in [2.05, 4.69) is 27.6 Å². The number of hydrogen-bond acceptors (Lipinski definition) is 10. The number of aryl methyl sites for hydroxylation is 1. The predicted octanol–water partition coefficient (Wildman–Crippen LogP) is 4.07. The van der Waals surface area contributed by atoms with Crippen molar-refractivity contribution in [2.75, 3.05) is 50.2 Å². The molecule has 2 aliphatic heterocycles. The minimum absolute atomic E-state index is 0.400. The van der Waals surface area contributed by atoms with Gasteiger partial charge in [-0.3, -0.25) is 9.58 Å². The van der Waals surface area contributed by atoms with Crippen molar-refractivity contribution in [1.82, 2.24) is 29.6 Å². The minimum Gasteiger partial charge on any atom is -0.381 e. The lowest BCUT2D eigenvalue weighted by atomic mass is 9.90. The third-order valence-electron chi connectivity index (χ3n) is 7.88. The Hall–Kier alpha value is -2.34. The first-order valence-corrected chi connectivity index (χ1v) is 14.7. The predicted molar refractivity (Wildman–Crippen MR) is 146 cm³/mol. The van der Waals surface area contributed by atoms with Crippen molar-refractivity contribution >= 4 is 39.1 Å². The zero-order valence-corrected chi connectivity index (χ0v) is 22.5. The average molecular weight is 527 g/mol. The number of aromatic nitrogens is 5. The second-order valence-corrected chi connectivity index (χ2v) is 11.5. The molecule has 6 rings (SSSR count). The standard InChI is InChI=1S/C26H38N8O2S/c1-2-22-30-23-24(28-19-3-5-21(6-4-19)33-9-13-36-14-10-33)31-26(32-25(23)37-22)29-20-15-27-34(17-20)16-18-7-11-35-12-8-18/h15,17-19,21H,2-14,16H2,1H3,(H2,28,29,31,32). The summed E-state index contributed by atoms with van der Waals surface area (Å²) >= 11 is 1.65. The first-order valence-electron chi connectivity index (χ1n) is 13.9. The number of ether oxygens (including phenoxy) is 2. The molecule has 37 heavy (non-hydrogen) atoms. The van der Waals surface area contributed by atoms with Gasteiger partial charge in [-0.25, -0.2) is 4.98 Å². The van der Waals surface area contributed by atoms with Crippen LogP contribution >= 0.6 is 11.3 Å². The summed E-state index contributed by atoms with van der Waals surface area (Å²) in [6.45, 7) is 8.62. The summed E-state index contributed by atoms with van der Waals surface area (Å²) in [6.07, 6.45) is 11.7. The zero-order chi connectivity index (χ0) is 25.0. The van der Waals surface area contributed by atoms with E-state index in [-0.39, 0.29) is 0 Å². The van der Waals surface area contributed by atoms with Gasteiger partial charge in [-0.15, -0.1) is 0 Å². The lowest BCUT2D eigenvalue weighted by Gasteiger charge is -2.39. The molecule has 0 aromatic carbocycles. The Kier molecular flexibility index (Phi) is 7.82. The lowest BCUT2D eigenvalue weighted by Crippen LogP contribution is -2.46. The van der Waals surface area contributed by atoms with E-state index >= 15 is 0 Å². The van der Waals surface area contributed by atoms with E-state index < -0.39 is 0 Å². The fourth-order valence-corrected chi connectivity index (χ4v) is 6.62. The highest BCUT2D eigenvalue weighted by atomic mass is 32.1. The molecular weight excluding hydrogens is 488 g/mol. The van der Waals surface area contributed by atoms with Gasteiger partial charge >= 0.3 is 0 Å². The topological polar surface area (TPSA) is 102 Å². The van der Waals surface area contributed by atoms with Crippen LogP contribution in [-0.4, -0.2) is 81.2 Å². The van der Waals surface area contributed by atoms with Crippen LogP contribution in [0.3, 0.4) is 0 Å². The molecule has 200 valence electrons. The largest absolute Gasteiger partial charge is 0.381 e. The van der Waals surface area contributed by atoms with Gasteiger partial charge in [0.25, 0.3) is 0 Å². The first kappa shape index (κ1) is 25.0. The molecule has 0 amide bonds. The fraction of sp³-hybridized carbons (Fsp3) is 0.692. The van der Waals surface area contributed by atoms with Gasteiger partial charge in [-0.1, -0.05) is 18.3 Å². The monoisotopic (exact) mass is 526 g/mol. The summed E-state index contributed by atoms with van der Waals surface area (Å²) in [5.41, 5.74) is 1.79. The van der Waals surface area contributed by atoms with Gasteiger partial charge in [0.05, 0.1) is 30.1 Å². The highest BCUT2D eigenvalue weighted by Crippen LogP contribution is 2.31. The first-order chi connectivity index (χ1) is 18.2. The third kappa shape index (κ3) is 6.05. The van der Waals surface area contributed by atoms with Crippen molar-refractivity contribution < 1.29 is 9.47 Å². The SMILES string of the molecule is CCc1nc2c(NC3CCC(N4CCOCC4)CC3)nc(Nc3cnn(CC4CCOCC4)c3)nc2s1. The molecule has 3 aromatic rings. The normalized spacial score (nSPS) is 23.9. The molecule has 3 aromatic heterocycles. The van der Waals surface area contributed by atoms with E-state index in [0.717, 1.165) is 105 Å². The highest BCUT2D eigenvalue weighted by Gasteiger charge is 2.28. The van der Waals surface area contributed by atoms with Crippen molar-refractivity contribution in [3.63, 3.8) is 0 Å². The van der Waals surface area contributed by atoms with Crippen LogP contribution in [0.2, 0.25) is 0 Å². The number of fused-ring (bicyclic) bond motifs is 1. The molecule has 5 heterocycles. The molecule has 11 heteroatoms. The van der Waals surface area contributed by atoms with Crippen LogP contribution in [0, 0.1) is 5.92 Å². The van der Waals surface area contributed by atoms with Gasteiger partial charge < -0.3 is 20.1 Å². The number of anilines is 3. The van der Waals surface area contributed by atoms with Gasteiger partial charge in [0.15, 0.2) is 10.6 Å². The van der Waals surface area contributed by atoms with E-state index in [1.165, 1.54) is 12.8 Å². The lowest BCUT2D eigenvalue weighted by molar-refractivity contribution is 0.00791. The maximum atomic E-state index is 5.54. The Morgan fingerprint density at radius 3 is 2.54 bits per heavy atom. The molecule has 0 spiro atoms. The van der Waals surface area contributed by atoms with E-state index in [4.69, 9.17) is 24.4 Å². The maximum Gasteiger partial charge on any atom is 0.230 e. The van der Waals surface area contributed by atoms with Crippen LogP contribution < -0.4 is 10.6 Å². The Morgan fingerprint density at radius 1 is 0.973 bits per heavy atom. The van der Waals surface area contributed by atoms with E-state index in [9.17, 15) is 0 Å². The summed E-state index contributed by atoms with van der Waals surface area (Å²) < 4.78 is 13.1. The number of morpholine rings is 1. The van der Waals surface area contributed by atoms with Gasteiger partial charge in [-0.2, -0.15) is 15.1 Å². The molecule has 0 unspecified atom stereocenters. The van der Waals surface area contributed by atoms with Crippen molar-refractivity contribution in [1.29, 1.82) is 0 Å². The van der Waals surface area contributed by atoms with E-state index in [1.54, 1.807) is 11.3 Å². The number of thiazole rings is 1. The van der Waals surface area contributed by atoms with Crippen molar-refractivity contribution in [2.45, 2.75) is 70.5 Å². The molecule has 0 atom stereocenters. The van der Waals surface area contributed by atoms with Crippen LogP contribution in [0.5, 0.6) is 0 Å². The maximum absolute atomic E-state index is 5.54. The smallest absolute Gasteiger partial charge is 0.230 e. The molecular formula is C26H38N8O2S. The minimum atomic E-state index is 0.400. The van der Waals surface area contributed by atoms with Gasteiger partial charge in [-0.05, 0) is 50.9 Å². The van der Waals surface area contributed by atoms with E-state index in [0.29, 0.717) is 23.9 Å². The summed E-state index contributed by atoms with van der Waals surface area (Å²) in [5.74, 6) is 2.05. The summed E-state index contributed by atoms with van der Waals surface area (Å²) in [7, 11) is 0. The van der Waals surface area contributed by atoms with Crippen molar-refractivity contribution in [2.24, 2.45) is 5.92 Å². The molecule has 10 nitrogen and oxygen atoms in total. The van der Waals surface area contributed by atoms with Crippen LogP contribution in [-0.2, 0) is 22.4 Å². The van der Waals surface area contributed by atoms with Gasteiger partial charge in [0.1, 0.15) is 5.52 Å². The second-order valence-electron chi connectivity index (χ2n) is 10.4. The second kappa shape index (κ2) is 11.6. The average Bonchev–Trinajstić information content (AvgIpc) is 3.57. The summed E-state index contributed by atoms with van der Waals surface area (Å²) in [6, 6.07) is 1.07. The summed E-state index contributed by atoms with van der Waals surface area (Å²) in [5, 5.41) is 12.8. The van der Waals surface area contributed by atoms with Crippen LogP contribution in [0.4, 0.5) is 17.5 Å². The highest BCUT2D eigenvalue weighted by molar-refractivity contribution is 7.18. The fourth-order valence-electron chi connectivity index (χ4n) is 5.74. The molecule has 2 N–H and O–H groups in total. The Morgan fingerprint density at radius 2 is 1.76 bits per heavy atom. The molecule has 2 saturated heterocycles. The van der Waals surface area contributed by atoms with Crippen molar-refractivity contribution in [3.05, 3.63) is 17.4 Å². The number of hydrogen-bond donors (Lipinski definition) is 2. The molecule has 1 saturated carbocycles. The zero-order valence-electron chi connectivity index (χ0n) is 21.7. The van der Waals surface area contributed by atoms with Crippen LogP contribution in [0.25, 0.3) is 10.3 Å². The Labute approximate surface area is 222 Å². The van der Waals surface area contributed by atoms with Gasteiger partial charge in [0, 0.05) is 51.1 Å². The Bertz CT molecular complexity index is 1160. The molecule has 3 aliphatic rings. The molecule has 0 radical (unpaired) electrons. The number of nitrogens with one attached hydrogen (secondary N) is 2. The van der Waals surface area contributed by atoms with E-state index in [1.807, 2.05) is 17.1 Å². The van der Waals surface area contributed by atoms with Crippen molar-refractivity contribution in [3.8, 4) is 0 Å². The Balaban J connectivity index is 1.14. The quantitative estimate of drug-likeness (QED) is 0.450. The number of nitrogens with zero attached hydrogens (tertiary/aromatic N) is 6. The molecule has 0 bridgehead atoms. The molecule has 1 aliphatic carbocycles. The third-order valence-corrected chi connectivity index (χ3v) is 8.97. The van der Waals surface area contributed by atoms with Gasteiger partial charge in [0.2, 0.25) is 5.95 Å². The molecule has 3 fully saturated rings. The van der Waals surface area contributed by atoms with Crippen LogP contribution in [0.1, 0.15) is 50.5 Å². The summed E-state index contributed by atoms with van der Waals surface area (Å²) in [4.78, 5) is 18.1.